The van der Waals surface area contributed by atoms with Gasteiger partial charge in [0.1, 0.15) is 12.4 Å². The number of amides is 1. The molecule has 0 aliphatic heterocycles. The monoisotopic (exact) mass is 346 g/mol. The highest BCUT2D eigenvalue weighted by atomic mass is 16.5. The molecule has 0 aliphatic carbocycles. The molecule has 0 spiro atoms. The molecule has 0 fully saturated rings. The van der Waals surface area contributed by atoms with E-state index in [2.05, 4.69) is 5.32 Å². The van der Waals surface area contributed by atoms with Crippen LogP contribution in [0.5, 0.6) is 5.75 Å². The maximum atomic E-state index is 12.3. The number of ether oxygens (including phenoxy) is 2. The second-order valence-corrected chi connectivity index (χ2v) is 5.52. The van der Waals surface area contributed by atoms with Gasteiger partial charge >= 0.3 is 5.97 Å². The maximum Gasteiger partial charge on any atom is 0.329 e. The number of carbonyl (C=O) groups excluding carboxylic acids is 1. The third kappa shape index (κ3) is 4.60. The summed E-state index contributed by atoms with van der Waals surface area (Å²) in [4.78, 5) is 22.7. The number of nitrogens with zero attached hydrogens (tertiary/aromatic N) is 1. The topological polar surface area (TPSA) is 89.8 Å². The Morgan fingerprint density at radius 3 is 2.48 bits per heavy atom. The second kappa shape index (κ2) is 8.34. The van der Waals surface area contributed by atoms with Gasteiger partial charge in [-0.3, -0.25) is 4.79 Å². The number of nitrogens with one attached hydrogen (secondary N) is 1. The first-order valence-electron chi connectivity index (χ1n) is 7.85. The number of rotatable bonds is 8. The quantitative estimate of drug-likeness (QED) is 0.713. The second-order valence-electron chi connectivity index (χ2n) is 5.52. The molecule has 1 heterocycles. The number of carbonyl (C=O) groups is 2. The van der Waals surface area contributed by atoms with Crippen molar-refractivity contribution in [2.45, 2.75) is 13.8 Å². The van der Waals surface area contributed by atoms with Crippen LogP contribution >= 0.6 is 0 Å². The fourth-order valence-electron chi connectivity index (χ4n) is 2.61. The molecular formula is C18H22N2O5. The van der Waals surface area contributed by atoms with Crippen molar-refractivity contribution in [3.63, 3.8) is 0 Å². The van der Waals surface area contributed by atoms with E-state index in [0.717, 1.165) is 22.8 Å². The highest BCUT2D eigenvalue weighted by molar-refractivity contribution is 5.95. The zero-order valence-corrected chi connectivity index (χ0v) is 14.5. The van der Waals surface area contributed by atoms with E-state index in [9.17, 15) is 9.59 Å². The SMILES string of the molecule is COc1ccc(-n2c(C)cc(C(=O)NCCOCC(=O)O)c2C)cc1. The van der Waals surface area contributed by atoms with Gasteiger partial charge in [-0.05, 0) is 44.2 Å². The summed E-state index contributed by atoms with van der Waals surface area (Å²) in [5.41, 5.74) is 3.28. The number of carboxylic acid groups (broad SMARTS) is 1. The molecule has 2 rings (SSSR count). The van der Waals surface area contributed by atoms with Crippen LogP contribution in [0, 0.1) is 13.8 Å². The summed E-state index contributed by atoms with van der Waals surface area (Å²) < 4.78 is 12.1. The molecule has 0 atom stereocenters. The molecular weight excluding hydrogens is 324 g/mol. The van der Waals surface area contributed by atoms with Gasteiger partial charge in [0, 0.05) is 23.6 Å². The third-order valence-electron chi connectivity index (χ3n) is 3.76. The summed E-state index contributed by atoms with van der Waals surface area (Å²) in [7, 11) is 1.61. The van der Waals surface area contributed by atoms with Crippen LogP contribution < -0.4 is 10.1 Å². The zero-order valence-electron chi connectivity index (χ0n) is 14.5. The molecule has 2 aromatic rings. The highest BCUT2D eigenvalue weighted by Crippen LogP contribution is 2.22. The first-order chi connectivity index (χ1) is 11.9. The van der Waals surface area contributed by atoms with E-state index in [1.54, 1.807) is 7.11 Å². The van der Waals surface area contributed by atoms with Gasteiger partial charge in [-0.25, -0.2) is 4.79 Å². The summed E-state index contributed by atoms with van der Waals surface area (Å²) in [6.45, 7) is 3.84. The number of hydrogen-bond acceptors (Lipinski definition) is 4. The number of hydrogen-bond donors (Lipinski definition) is 2. The van der Waals surface area contributed by atoms with Crippen LogP contribution in [0.1, 0.15) is 21.7 Å². The van der Waals surface area contributed by atoms with Crippen molar-refractivity contribution in [1.29, 1.82) is 0 Å². The average Bonchev–Trinajstić information content (AvgIpc) is 2.89. The van der Waals surface area contributed by atoms with Gasteiger partial charge in [-0.15, -0.1) is 0 Å². The van der Waals surface area contributed by atoms with Gasteiger partial charge < -0.3 is 24.5 Å². The van der Waals surface area contributed by atoms with Crippen molar-refractivity contribution in [2.75, 3.05) is 26.9 Å². The van der Waals surface area contributed by atoms with E-state index < -0.39 is 5.97 Å². The lowest BCUT2D eigenvalue weighted by Gasteiger charge is -2.11. The summed E-state index contributed by atoms with van der Waals surface area (Å²) in [6.07, 6.45) is 0. The van der Waals surface area contributed by atoms with Crippen LogP contribution in [0.3, 0.4) is 0 Å². The predicted molar refractivity (Wildman–Crippen MR) is 92.6 cm³/mol. The highest BCUT2D eigenvalue weighted by Gasteiger charge is 2.16. The largest absolute Gasteiger partial charge is 0.497 e. The smallest absolute Gasteiger partial charge is 0.329 e. The molecule has 0 bridgehead atoms. The summed E-state index contributed by atoms with van der Waals surface area (Å²) in [5, 5.41) is 11.2. The fourth-order valence-corrected chi connectivity index (χ4v) is 2.61. The van der Waals surface area contributed by atoms with Crippen LogP contribution in [-0.2, 0) is 9.53 Å². The molecule has 0 unspecified atom stereocenters. The Bertz CT molecular complexity index is 750. The maximum absolute atomic E-state index is 12.3. The van der Waals surface area contributed by atoms with Gasteiger partial charge in [0.2, 0.25) is 0 Å². The Morgan fingerprint density at radius 2 is 1.88 bits per heavy atom. The van der Waals surface area contributed by atoms with Crippen LogP contribution in [0.2, 0.25) is 0 Å². The van der Waals surface area contributed by atoms with Crippen LogP contribution in [0.4, 0.5) is 0 Å². The minimum Gasteiger partial charge on any atom is -0.497 e. The Hall–Kier alpha value is -2.80. The van der Waals surface area contributed by atoms with E-state index in [4.69, 9.17) is 14.6 Å². The van der Waals surface area contributed by atoms with Crippen LogP contribution in [0.25, 0.3) is 5.69 Å². The molecule has 134 valence electrons. The summed E-state index contributed by atoms with van der Waals surface area (Å²) >= 11 is 0. The van der Waals surface area contributed by atoms with Crippen molar-refractivity contribution in [3.8, 4) is 11.4 Å². The van der Waals surface area contributed by atoms with Crippen molar-refractivity contribution in [2.24, 2.45) is 0 Å². The molecule has 25 heavy (non-hydrogen) atoms. The summed E-state index contributed by atoms with van der Waals surface area (Å²) in [6, 6.07) is 9.43. The Balaban J connectivity index is 2.07. The lowest BCUT2D eigenvalue weighted by Crippen LogP contribution is -2.28. The fraction of sp³-hybridized carbons (Fsp3) is 0.333. The minimum absolute atomic E-state index is 0.148. The van der Waals surface area contributed by atoms with Gasteiger partial charge in [0.05, 0.1) is 19.3 Å². The predicted octanol–water partition coefficient (Wildman–Crippen LogP) is 1.93. The minimum atomic E-state index is -1.03. The Kier molecular flexibility index (Phi) is 6.19. The molecule has 1 aromatic heterocycles. The van der Waals surface area contributed by atoms with Crippen molar-refractivity contribution in [3.05, 3.63) is 47.3 Å². The third-order valence-corrected chi connectivity index (χ3v) is 3.76. The number of methoxy groups -OCH3 is 1. The molecule has 1 aromatic carbocycles. The lowest BCUT2D eigenvalue weighted by atomic mass is 10.2. The molecule has 0 saturated heterocycles. The number of aliphatic carboxylic acids is 1. The van der Waals surface area contributed by atoms with Gasteiger partial charge in [0.25, 0.3) is 5.91 Å². The van der Waals surface area contributed by atoms with E-state index in [-0.39, 0.29) is 25.7 Å². The van der Waals surface area contributed by atoms with Crippen LogP contribution in [0.15, 0.2) is 30.3 Å². The molecule has 0 saturated carbocycles. The van der Waals surface area contributed by atoms with Gasteiger partial charge in [-0.2, -0.15) is 0 Å². The molecule has 7 heteroatoms. The first-order valence-corrected chi connectivity index (χ1v) is 7.85. The van der Waals surface area contributed by atoms with Crippen molar-refractivity contribution >= 4 is 11.9 Å². The molecule has 0 aliphatic rings. The normalized spacial score (nSPS) is 10.5. The van der Waals surface area contributed by atoms with Gasteiger partial charge in [0.15, 0.2) is 0 Å². The Labute approximate surface area is 146 Å². The average molecular weight is 346 g/mol. The molecule has 1 amide bonds. The van der Waals surface area contributed by atoms with Gasteiger partial charge in [-0.1, -0.05) is 0 Å². The van der Waals surface area contributed by atoms with E-state index in [1.807, 2.05) is 48.7 Å². The Morgan fingerprint density at radius 1 is 1.20 bits per heavy atom. The van der Waals surface area contributed by atoms with E-state index in [1.165, 1.54) is 0 Å². The number of benzene rings is 1. The van der Waals surface area contributed by atoms with E-state index >= 15 is 0 Å². The number of aryl methyl sites for hydroxylation is 1. The standard InChI is InChI=1S/C18H22N2O5/c1-12-10-16(18(23)19-8-9-25-11-17(21)22)13(2)20(12)14-4-6-15(24-3)7-5-14/h4-7,10H,8-9,11H2,1-3H3,(H,19,23)(H,21,22). The van der Waals surface area contributed by atoms with Crippen molar-refractivity contribution in [1.82, 2.24) is 9.88 Å². The summed E-state index contributed by atoms with van der Waals surface area (Å²) in [5.74, 6) is -0.480. The lowest BCUT2D eigenvalue weighted by molar-refractivity contribution is -0.142. The molecule has 7 nitrogen and oxygen atoms in total. The number of aromatic nitrogens is 1. The van der Waals surface area contributed by atoms with Crippen molar-refractivity contribution < 1.29 is 24.2 Å². The zero-order chi connectivity index (χ0) is 18.4. The van der Waals surface area contributed by atoms with Crippen LogP contribution in [-0.4, -0.2) is 48.4 Å². The number of carboxylic acids is 1. The van der Waals surface area contributed by atoms with E-state index in [0.29, 0.717) is 5.56 Å². The molecule has 2 N–H and O–H groups in total. The molecule has 0 radical (unpaired) electrons. The first kappa shape index (κ1) is 18.5.